The molecule has 3 nitrogen and oxygen atoms in total. The lowest BCUT2D eigenvalue weighted by Gasteiger charge is -2.15. The summed E-state index contributed by atoms with van der Waals surface area (Å²) in [4.78, 5) is 15.2. The number of thiocarbonyl (C=S) groups is 1. The smallest absolute Gasteiger partial charge is 0.308 e. The van der Waals surface area contributed by atoms with Gasteiger partial charge in [-0.1, -0.05) is 13.8 Å². The molecule has 0 aliphatic heterocycles. The number of nitrogens with zero attached hydrogens (tertiary/aromatic N) is 1. The molecule has 0 spiro atoms. The van der Waals surface area contributed by atoms with Crippen LogP contribution < -0.4 is 0 Å². The molecule has 80 valence electrons. The van der Waals surface area contributed by atoms with Crippen LogP contribution in [0, 0.1) is 5.92 Å². The molecule has 4 heteroatoms. The molecule has 0 aromatic rings. The van der Waals surface area contributed by atoms with Crippen molar-refractivity contribution in [1.82, 2.24) is 0 Å². The van der Waals surface area contributed by atoms with E-state index in [1.807, 2.05) is 27.7 Å². The summed E-state index contributed by atoms with van der Waals surface area (Å²) in [5, 5.41) is 2.31. The Kier molecular flexibility index (Phi) is 6.34. The van der Waals surface area contributed by atoms with Gasteiger partial charge in [0.25, 0.3) is 0 Å². The van der Waals surface area contributed by atoms with E-state index in [2.05, 4.69) is 22.4 Å². The van der Waals surface area contributed by atoms with Crippen LogP contribution >= 0.6 is 12.2 Å². The number of ether oxygens (including phenoxy) is 1. The van der Waals surface area contributed by atoms with Crippen molar-refractivity contribution >= 4 is 23.3 Å². The van der Waals surface area contributed by atoms with Gasteiger partial charge in [0.2, 0.25) is 0 Å². The highest BCUT2D eigenvalue weighted by atomic mass is 32.1. The van der Waals surface area contributed by atoms with Crippen LogP contribution in [-0.2, 0) is 9.53 Å². The first-order valence-corrected chi connectivity index (χ1v) is 5.14. The molecule has 0 N–H and O–H groups in total. The zero-order valence-corrected chi connectivity index (χ0v) is 9.93. The van der Waals surface area contributed by atoms with Gasteiger partial charge in [0.1, 0.15) is 0 Å². The molecule has 0 aliphatic rings. The number of isothiocyanates is 1. The first kappa shape index (κ1) is 13.3. The quantitative estimate of drug-likeness (QED) is 0.402. The van der Waals surface area contributed by atoms with Crippen molar-refractivity contribution in [3.05, 3.63) is 0 Å². The fourth-order valence-corrected chi connectivity index (χ4v) is 1.12. The van der Waals surface area contributed by atoms with Crippen molar-refractivity contribution in [3.8, 4) is 0 Å². The Morgan fingerprint density at radius 1 is 1.43 bits per heavy atom. The van der Waals surface area contributed by atoms with Crippen molar-refractivity contribution in [2.75, 3.05) is 0 Å². The summed E-state index contributed by atoms with van der Waals surface area (Å²) in [6.07, 6.45) is 0.200. The highest BCUT2D eigenvalue weighted by molar-refractivity contribution is 7.78. The third-order valence-electron chi connectivity index (χ3n) is 1.73. The molecule has 0 saturated heterocycles. The summed E-state index contributed by atoms with van der Waals surface area (Å²) in [6, 6.07) is -0.112. The van der Waals surface area contributed by atoms with Gasteiger partial charge in [-0.05, 0) is 32.0 Å². The highest BCUT2D eigenvalue weighted by Crippen LogP contribution is 2.11. The molecule has 0 aliphatic carbocycles. The van der Waals surface area contributed by atoms with E-state index in [4.69, 9.17) is 4.74 Å². The Bertz CT molecular complexity index is 232. The minimum atomic E-state index is -0.229. The minimum Gasteiger partial charge on any atom is -0.463 e. The Labute approximate surface area is 90.6 Å². The van der Waals surface area contributed by atoms with Crippen LogP contribution in [0.3, 0.4) is 0 Å². The van der Waals surface area contributed by atoms with E-state index < -0.39 is 0 Å². The average molecular weight is 215 g/mol. The zero-order chi connectivity index (χ0) is 11.1. The van der Waals surface area contributed by atoms with Crippen LogP contribution in [0.1, 0.15) is 34.1 Å². The molecule has 0 bridgehead atoms. The minimum absolute atomic E-state index is 0.0771. The summed E-state index contributed by atoms with van der Waals surface area (Å²) in [5.74, 6) is 0.0397. The summed E-state index contributed by atoms with van der Waals surface area (Å²) in [5.41, 5.74) is 0. The van der Waals surface area contributed by atoms with Gasteiger partial charge in [-0.25, -0.2) is 4.99 Å². The van der Waals surface area contributed by atoms with Gasteiger partial charge in [-0.3, -0.25) is 4.79 Å². The monoisotopic (exact) mass is 215 g/mol. The summed E-state index contributed by atoms with van der Waals surface area (Å²) in [7, 11) is 0. The second-order valence-corrected chi connectivity index (χ2v) is 3.96. The van der Waals surface area contributed by atoms with Gasteiger partial charge in [0.15, 0.2) is 0 Å². The van der Waals surface area contributed by atoms with Crippen LogP contribution in [-0.4, -0.2) is 23.3 Å². The Morgan fingerprint density at radius 2 is 2.00 bits per heavy atom. The molecule has 0 aromatic heterocycles. The SMILES string of the molecule is CC(C)OC(=O)CC(N=C=S)C(C)C. The Morgan fingerprint density at radius 3 is 2.36 bits per heavy atom. The van der Waals surface area contributed by atoms with Crippen LogP contribution in [0.5, 0.6) is 0 Å². The molecule has 0 fully saturated rings. The maximum atomic E-state index is 11.3. The van der Waals surface area contributed by atoms with E-state index in [0.29, 0.717) is 0 Å². The number of hydrogen-bond acceptors (Lipinski definition) is 4. The lowest BCUT2D eigenvalue weighted by Crippen LogP contribution is -2.21. The van der Waals surface area contributed by atoms with Crippen LogP contribution in [0.25, 0.3) is 0 Å². The maximum absolute atomic E-state index is 11.3. The van der Waals surface area contributed by atoms with E-state index in [9.17, 15) is 4.79 Å². The number of rotatable bonds is 5. The normalized spacial score (nSPS) is 12.4. The fourth-order valence-electron chi connectivity index (χ4n) is 0.980. The number of carbonyl (C=O) groups is 1. The molecule has 1 atom stereocenters. The molecular weight excluding hydrogens is 198 g/mol. The van der Waals surface area contributed by atoms with Crippen molar-refractivity contribution in [1.29, 1.82) is 0 Å². The molecule has 14 heavy (non-hydrogen) atoms. The van der Waals surface area contributed by atoms with Crippen molar-refractivity contribution in [2.24, 2.45) is 10.9 Å². The van der Waals surface area contributed by atoms with Crippen LogP contribution in [0.4, 0.5) is 0 Å². The fraction of sp³-hybridized carbons (Fsp3) is 0.800. The predicted molar refractivity (Wildman–Crippen MR) is 59.5 cm³/mol. The van der Waals surface area contributed by atoms with E-state index >= 15 is 0 Å². The Balaban J connectivity index is 4.16. The molecule has 0 aromatic carbocycles. The summed E-state index contributed by atoms with van der Waals surface area (Å²) < 4.78 is 5.02. The van der Waals surface area contributed by atoms with E-state index in [1.165, 1.54) is 0 Å². The largest absolute Gasteiger partial charge is 0.463 e. The average Bonchev–Trinajstić information content (AvgIpc) is 2.01. The number of hydrogen-bond donors (Lipinski definition) is 0. The third-order valence-corrected chi connectivity index (χ3v) is 1.84. The maximum Gasteiger partial charge on any atom is 0.308 e. The number of esters is 1. The molecule has 0 rings (SSSR count). The van der Waals surface area contributed by atoms with Gasteiger partial charge in [-0.2, -0.15) is 0 Å². The molecule has 0 heterocycles. The number of aliphatic imine (C=N–C) groups is 1. The van der Waals surface area contributed by atoms with Crippen LogP contribution in [0.2, 0.25) is 0 Å². The summed E-state index contributed by atoms with van der Waals surface area (Å²) >= 11 is 4.52. The van der Waals surface area contributed by atoms with E-state index in [-0.39, 0.29) is 30.5 Å². The highest BCUT2D eigenvalue weighted by Gasteiger charge is 2.17. The first-order chi connectivity index (χ1) is 6.47. The van der Waals surface area contributed by atoms with Crippen molar-refractivity contribution in [3.63, 3.8) is 0 Å². The van der Waals surface area contributed by atoms with Gasteiger partial charge in [0, 0.05) is 0 Å². The van der Waals surface area contributed by atoms with Crippen molar-refractivity contribution in [2.45, 2.75) is 46.3 Å². The van der Waals surface area contributed by atoms with Crippen molar-refractivity contribution < 1.29 is 9.53 Å². The van der Waals surface area contributed by atoms with Crippen LogP contribution in [0.15, 0.2) is 4.99 Å². The van der Waals surface area contributed by atoms with E-state index in [0.717, 1.165) is 0 Å². The lowest BCUT2D eigenvalue weighted by molar-refractivity contribution is -0.148. The number of carbonyl (C=O) groups excluding carboxylic acids is 1. The predicted octanol–water partition coefficient (Wildman–Crippen LogP) is 2.46. The Hall–Kier alpha value is -0.730. The van der Waals surface area contributed by atoms with Gasteiger partial charge in [0.05, 0.1) is 23.7 Å². The van der Waals surface area contributed by atoms with Gasteiger partial charge >= 0.3 is 5.97 Å². The lowest BCUT2D eigenvalue weighted by atomic mass is 10.0. The molecule has 0 radical (unpaired) electrons. The standard InChI is InChI=1S/C10H17NO2S/c1-7(2)9(11-6-14)5-10(12)13-8(3)4/h7-9H,5H2,1-4H3. The second kappa shape index (κ2) is 6.68. The first-order valence-electron chi connectivity index (χ1n) is 4.73. The van der Waals surface area contributed by atoms with E-state index in [1.54, 1.807) is 0 Å². The summed E-state index contributed by atoms with van der Waals surface area (Å²) in [6.45, 7) is 7.63. The molecule has 1 unspecified atom stereocenters. The third kappa shape index (κ3) is 5.84. The molecule has 0 saturated carbocycles. The van der Waals surface area contributed by atoms with Gasteiger partial charge in [-0.15, -0.1) is 0 Å². The molecular formula is C10H17NO2S. The zero-order valence-electron chi connectivity index (χ0n) is 9.11. The molecule has 0 amide bonds. The van der Waals surface area contributed by atoms with Gasteiger partial charge < -0.3 is 4.74 Å². The topological polar surface area (TPSA) is 38.7 Å². The second-order valence-electron chi connectivity index (χ2n) is 3.77.